The van der Waals surface area contributed by atoms with Crippen LogP contribution in [0.4, 0.5) is 9.52 Å². The van der Waals surface area contributed by atoms with Crippen molar-refractivity contribution in [1.82, 2.24) is 10.3 Å². The summed E-state index contributed by atoms with van der Waals surface area (Å²) in [5, 5.41) is 5.39. The van der Waals surface area contributed by atoms with Crippen LogP contribution in [-0.2, 0) is 16.0 Å². The summed E-state index contributed by atoms with van der Waals surface area (Å²) < 4.78 is 13.5. The third-order valence-electron chi connectivity index (χ3n) is 3.05. The van der Waals surface area contributed by atoms with Gasteiger partial charge in [0.2, 0.25) is 11.8 Å². The fourth-order valence-electron chi connectivity index (χ4n) is 1.81. The van der Waals surface area contributed by atoms with E-state index in [0.29, 0.717) is 17.1 Å². The number of aromatic nitrogens is 1. The van der Waals surface area contributed by atoms with E-state index in [-0.39, 0.29) is 24.8 Å². The average molecular weight is 336 g/mol. The molecule has 1 aromatic carbocycles. The lowest BCUT2D eigenvalue weighted by Gasteiger charge is -2.03. The fraction of sp³-hybridized carbons (Fsp3) is 0.267. The highest BCUT2D eigenvalue weighted by Gasteiger charge is 2.09. The second-order valence-corrected chi connectivity index (χ2v) is 6.04. The van der Waals surface area contributed by atoms with Crippen LogP contribution in [0.5, 0.6) is 0 Å². The minimum atomic E-state index is -0.402. The van der Waals surface area contributed by atoms with Crippen LogP contribution in [0, 0.1) is 12.7 Å². The molecule has 0 aliphatic heterocycles. The Morgan fingerprint density at radius 2 is 2.13 bits per heavy atom. The highest BCUT2D eigenvalue weighted by atomic mass is 32.1. The number of hydrogen-bond donors (Lipinski definition) is 3. The van der Waals surface area contributed by atoms with E-state index < -0.39 is 5.91 Å². The summed E-state index contributed by atoms with van der Waals surface area (Å²) in [6.07, 6.45) is 2.17. The average Bonchev–Trinajstić information content (AvgIpc) is 2.95. The van der Waals surface area contributed by atoms with Gasteiger partial charge in [0.15, 0.2) is 5.13 Å². The van der Waals surface area contributed by atoms with Crippen molar-refractivity contribution >= 4 is 28.3 Å². The molecule has 0 bridgehead atoms. The van der Waals surface area contributed by atoms with Crippen molar-refractivity contribution < 1.29 is 14.0 Å². The Bertz CT molecular complexity index is 717. The third-order valence-corrected chi connectivity index (χ3v) is 3.96. The van der Waals surface area contributed by atoms with Gasteiger partial charge >= 0.3 is 0 Å². The molecule has 6 nitrogen and oxygen atoms in total. The van der Waals surface area contributed by atoms with Gasteiger partial charge in [-0.05, 0) is 24.1 Å². The molecule has 0 saturated carbocycles. The number of rotatable bonds is 6. The Kier molecular flexibility index (Phi) is 5.78. The van der Waals surface area contributed by atoms with Crippen molar-refractivity contribution in [2.45, 2.75) is 13.3 Å². The van der Waals surface area contributed by atoms with Gasteiger partial charge in [0.05, 0.1) is 13.1 Å². The Morgan fingerprint density at radius 1 is 1.35 bits per heavy atom. The standard InChI is InChI=1S/C15H17FN4O2S/c1-9-2-3-10(5-12(9)16)4-11-7-19-15(23-11)20-14(22)8-18-13(21)6-17/h2-3,5,7H,4,6,8,17H2,1H3,(H,18,21)(H,19,20,22). The molecule has 0 saturated heterocycles. The molecule has 1 heterocycles. The number of nitrogens with one attached hydrogen (secondary N) is 2. The van der Waals surface area contributed by atoms with Gasteiger partial charge < -0.3 is 16.4 Å². The molecule has 2 aromatic rings. The number of nitrogens with two attached hydrogens (primary N) is 1. The number of anilines is 1. The molecule has 0 aliphatic rings. The maximum absolute atomic E-state index is 13.5. The van der Waals surface area contributed by atoms with Crippen molar-refractivity contribution in [3.63, 3.8) is 0 Å². The zero-order chi connectivity index (χ0) is 16.8. The van der Waals surface area contributed by atoms with Gasteiger partial charge in [-0.15, -0.1) is 11.3 Å². The maximum atomic E-state index is 13.5. The minimum Gasteiger partial charge on any atom is -0.346 e. The number of amides is 2. The van der Waals surface area contributed by atoms with E-state index >= 15 is 0 Å². The summed E-state index contributed by atoms with van der Waals surface area (Å²) in [4.78, 5) is 27.6. The predicted molar refractivity (Wildman–Crippen MR) is 86.8 cm³/mol. The van der Waals surface area contributed by atoms with E-state index in [4.69, 9.17) is 5.73 Å². The molecule has 0 aliphatic carbocycles. The Labute approximate surface area is 136 Å². The summed E-state index contributed by atoms with van der Waals surface area (Å²) in [6.45, 7) is 1.39. The summed E-state index contributed by atoms with van der Waals surface area (Å²) in [6, 6.07) is 5.09. The van der Waals surface area contributed by atoms with Crippen LogP contribution in [0.3, 0.4) is 0 Å². The van der Waals surface area contributed by atoms with E-state index in [1.54, 1.807) is 19.2 Å². The largest absolute Gasteiger partial charge is 0.346 e. The van der Waals surface area contributed by atoms with Crippen LogP contribution in [0.1, 0.15) is 16.0 Å². The quantitative estimate of drug-likeness (QED) is 0.738. The van der Waals surface area contributed by atoms with Gasteiger partial charge in [-0.25, -0.2) is 9.37 Å². The second-order valence-electron chi connectivity index (χ2n) is 4.92. The van der Waals surface area contributed by atoms with Crippen molar-refractivity contribution in [2.24, 2.45) is 5.73 Å². The second kappa shape index (κ2) is 7.80. The maximum Gasteiger partial charge on any atom is 0.245 e. The monoisotopic (exact) mass is 336 g/mol. The number of halogens is 1. The van der Waals surface area contributed by atoms with E-state index in [1.807, 2.05) is 6.07 Å². The lowest BCUT2D eigenvalue weighted by atomic mass is 10.1. The van der Waals surface area contributed by atoms with Crippen LogP contribution in [0.2, 0.25) is 0 Å². The molecule has 1 aromatic heterocycles. The molecule has 8 heteroatoms. The first-order chi connectivity index (χ1) is 11.0. The van der Waals surface area contributed by atoms with E-state index in [1.165, 1.54) is 17.4 Å². The molecule has 4 N–H and O–H groups in total. The minimum absolute atomic E-state index is 0.159. The summed E-state index contributed by atoms with van der Waals surface area (Å²) in [5.74, 6) is -1.02. The van der Waals surface area contributed by atoms with Crippen molar-refractivity contribution in [3.8, 4) is 0 Å². The first-order valence-electron chi connectivity index (χ1n) is 6.94. The van der Waals surface area contributed by atoms with E-state index in [9.17, 15) is 14.0 Å². The number of benzene rings is 1. The predicted octanol–water partition coefficient (Wildman–Crippen LogP) is 1.19. The van der Waals surface area contributed by atoms with Gasteiger partial charge in [-0.1, -0.05) is 12.1 Å². The van der Waals surface area contributed by atoms with Crippen molar-refractivity contribution in [2.75, 3.05) is 18.4 Å². The molecule has 0 radical (unpaired) electrons. The van der Waals surface area contributed by atoms with E-state index in [0.717, 1.165) is 10.4 Å². The number of aryl methyl sites for hydroxylation is 1. The summed E-state index contributed by atoms with van der Waals surface area (Å²) in [5.41, 5.74) is 6.57. The molecule has 0 fully saturated rings. The van der Waals surface area contributed by atoms with Crippen LogP contribution in [-0.4, -0.2) is 29.9 Å². The summed E-state index contributed by atoms with van der Waals surface area (Å²) in [7, 11) is 0. The van der Waals surface area contributed by atoms with Crippen molar-refractivity contribution in [1.29, 1.82) is 0 Å². The van der Waals surface area contributed by atoms with Gasteiger partial charge in [-0.2, -0.15) is 0 Å². The van der Waals surface area contributed by atoms with Gasteiger partial charge in [-0.3, -0.25) is 9.59 Å². The van der Waals surface area contributed by atoms with Crippen LogP contribution in [0.25, 0.3) is 0 Å². The first kappa shape index (κ1) is 17.0. The van der Waals surface area contributed by atoms with Gasteiger partial charge in [0.25, 0.3) is 0 Å². The van der Waals surface area contributed by atoms with Crippen molar-refractivity contribution in [3.05, 3.63) is 46.2 Å². The molecule has 0 spiro atoms. The molecule has 0 unspecified atom stereocenters. The molecule has 2 rings (SSSR count). The molecular weight excluding hydrogens is 319 g/mol. The topological polar surface area (TPSA) is 97.1 Å². The Morgan fingerprint density at radius 3 is 2.83 bits per heavy atom. The zero-order valence-corrected chi connectivity index (χ0v) is 13.4. The SMILES string of the molecule is Cc1ccc(Cc2cnc(NC(=O)CNC(=O)CN)s2)cc1F. The third kappa shape index (κ3) is 5.11. The van der Waals surface area contributed by atoms with Gasteiger partial charge in [0, 0.05) is 17.5 Å². The highest BCUT2D eigenvalue weighted by molar-refractivity contribution is 7.15. The Balaban J connectivity index is 1.91. The zero-order valence-electron chi connectivity index (χ0n) is 12.6. The van der Waals surface area contributed by atoms with Gasteiger partial charge in [0.1, 0.15) is 5.82 Å². The van der Waals surface area contributed by atoms with E-state index in [2.05, 4.69) is 15.6 Å². The number of nitrogens with zero attached hydrogens (tertiary/aromatic N) is 1. The molecule has 23 heavy (non-hydrogen) atoms. The number of thiazole rings is 1. The fourth-order valence-corrected chi connectivity index (χ4v) is 2.67. The van der Waals surface area contributed by atoms with Crippen LogP contribution < -0.4 is 16.4 Å². The molecule has 0 atom stereocenters. The number of carbonyl (C=O) groups is 2. The lowest BCUT2D eigenvalue weighted by molar-refractivity contribution is -0.123. The molecule has 122 valence electrons. The molecular formula is C15H17FN4O2S. The number of hydrogen-bond acceptors (Lipinski definition) is 5. The van der Waals surface area contributed by atoms with Crippen LogP contribution in [0.15, 0.2) is 24.4 Å². The molecule has 2 amide bonds. The normalized spacial score (nSPS) is 10.4. The smallest absolute Gasteiger partial charge is 0.245 e. The Hall–Kier alpha value is -2.32. The summed E-state index contributed by atoms with van der Waals surface area (Å²) >= 11 is 1.30. The highest BCUT2D eigenvalue weighted by Crippen LogP contribution is 2.22. The number of carbonyl (C=O) groups excluding carboxylic acids is 2. The van der Waals surface area contributed by atoms with Crippen LogP contribution >= 0.6 is 11.3 Å². The first-order valence-corrected chi connectivity index (χ1v) is 7.76. The lowest BCUT2D eigenvalue weighted by Crippen LogP contribution is -2.36.